The second-order valence-electron chi connectivity index (χ2n) is 8.19. The predicted molar refractivity (Wildman–Crippen MR) is 129 cm³/mol. The van der Waals surface area contributed by atoms with Gasteiger partial charge in [-0.3, -0.25) is 10.4 Å². The SMILES string of the molecule is CNC1(C)CN(c2ccc(C(=N)c3cc(OCc4c(Cl)cncc4Cl)c(F)cc3N)cn2)C1. The van der Waals surface area contributed by atoms with Crippen molar-refractivity contribution >= 4 is 40.4 Å². The molecule has 0 unspecified atom stereocenters. The first-order chi connectivity index (χ1) is 15.7. The zero-order chi connectivity index (χ0) is 23.8. The van der Waals surface area contributed by atoms with Crippen molar-refractivity contribution in [2.75, 3.05) is 30.8 Å². The standard InChI is InChI=1S/C23H23Cl2FN6O/c1-23(29-2)11-32(12-23)21-4-3-13(7-31-21)22(28)14-5-20(18(26)6-19(14)27)33-10-15-16(24)8-30-9-17(15)25/h3-9,28-29H,10-12,27H2,1-2H3. The number of benzene rings is 1. The lowest BCUT2D eigenvalue weighted by Gasteiger charge is -2.48. The summed E-state index contributed by atoms with van der Waals surface area (Å²) in [5, 5.41) is 12.5. The molecule has 1 aliphatic rings. The summed E-state index contributed by atoms with van der Waals surface area (Å²) in [6.45, 7) is 3.79. The van der Waals surface area contributed by atoms with Gasteiger partial charge in [-0.25, -0.2) is 9.37 Å². The average molecular weight is 489 g/mol. The quantitative estimate of drug-likeness (QED) is 0.338. The number of aromatic nitrogens is 2. The molecule has 0 radical (unpaired) electrons. The summed E-state index contributed by atoms with van der Waals surface area (Å²) >= 11 is 12.2. The van der Waals surface area contributed by atoms with Crippen molar-refractivity contribution in [1.29, 1.82) is 5.41 Å². The van der Waals surface area contributed by atoms with Crippen molar-refractivity contribution in [1.82, 2.24) is 15.3 Å². The first-order valence-electron chi connectivity index (χ1n) is 10.2. The Morgan fingerprint density at radius 1 is 1.24 bits per heavy atom. The molecule has 0 atom stereocenters. The van der Waals surface area contributed by atoms with Gasteiger partial charge in [-0.2, -0.15) is 0 Å². The molecule has 7 nitrogen and oxygen atoms in total. The van der Waals surface area contributed by atoms with Gasteiger partial charge < -0.3 is 20.7 Å². The van der Waals surface area contributed by atoms with Crippen molar-refractivity contribution in [3.8, 4) is 5.75 Å². The Morgan fingerprint density at radius 2 is 1.94 bits per heavy atom. The van der Waals surface area contributed by atoms with Gasteiger partial charge in [-0.05, 0) is 32.2 Å². The van der Waals surface area contributed by atoms with Crippen LogP contribution in [0, 0.1) is 11.2 Å². The fourth-order valence-electron chi connectivity index (χ4n) is 3.61. The molecule has 0 aliphatic carbocycles. The number of likely N-dealkylation sites (N-methyl/N-ethyl adjacent to an activating group) is 1. The third-order valence-electron chi connectivity index (χ3n) is 5.74. The van der Waals surface area contributed by atoms with E-state index in [-0.39, 0.29) is 29.3 Å². The summed E-state index contributed by atoms with van der Waals surface area (Å²) in [5.74, 6) is 0.120. The Kier molecular flexibility index (Phi) is 6.43. The monoisotopic (exact) mass is 488 g/mol. The smallest absolute Gasteiger partial charge is 0.167 e. The maximum absolute atomic E-state index is 14.5. The number of nitrogens with two attached hydrogens (primary N) is 1. The molecule has 3 aromatic rings. The van der Waals surface area contributed by atoms with E-state index in [9.17, 15) is 4.39 Å². The fourth-order valence-corrected chi connectivity index (χ4v) is 4.09. The largest absolute Gasteiger partial charge is 0.486 e. The minimum atomic E-state index is -0.649. The Hall–Kier alpha value is -2.94. The first-order valence-corrected chi connectivity index (χ1v) is 11.0. The highest BCUT2D eigenvalue weighted by Gasteiger charge is 2.37. The lowest BCUT2D eigenvalue weighted by Crippen LogP contribution is -2.67. The number of pyridine rings is 2. The second kappa shape index (κ2) is 9.13. The van der Waals surface area contributed by atoms with E-state index in [2.05, 4.69) is 27.1 Å². The van der Waals surface area contributed by atoms with Crippen molar-refractivity contribution in [2.45, 2.75) is 19.1 Å². The fraction of sp³-hybridized carbons (Fsp3) is 0.261. The molecule has 2 aromatic heterocycles. The minimum absolute atomic E-state index is 0.0641. The molecule has 0 spiro atoms. The zero-order valence-electron chi connectivity index (χ0n) is 18.1. The van der Waals surface area contributed by atoms with Gasteiger partial charge in [-0.15, -0.1) is 0 Å². The minimum Gasteiger partial charge on any atom is -0.486 e. The highest BCUT2D eigenvalue weighted by atomic mass is 35.5. The van der Waals surface area contributed by atoms with E-state index in [0.717, 1.165) is 25.0 Å². The number of nitrogen functional groups attached to an aromatic ring is 1. The van der Waals surface area contributed by atoms with Crippen LogP contribution in [0.25, 0.3) is 0 Å². The molecule has 4 N–H and O–H groups in total. The topological polar surface area (TPSA) is 100 Å². The van der Waals surface area contributed by atoms with Gasteiger partial charge in [-0.1, -0.05) is 23.2 Å². The highest BCUT2D eigenvalue weighted by molar-refractivity contribution is 6.35. The molecule has 10 heteroatoms. The Balaban J connectivity index is 1.52. The van der Waals surface area contributed by atoms with Crippen LogP contribution < -0.4 is 20.7 Å². The van der Waals surface area contributed by atoms with E-state index in [1.54, 1.807) is 12.3 Å². The van der Waals surface area contributed by atoms with Crippen molar-refractivity contribution in [3.63, 3.8) is 0 Å². The van der Waals surface area contributed by atoms with Gasteiger partial charge in [0.2, 0.25) is 0 Å². The van der Waals surface area contributed by atoms with E-state index >= 15 is 0 Å². The van der Waals surface area contributed by atoms with Gasteiger partial charge in [0.25, 0.3) is 0 Å². The molecule has 1 fully saturated rings. The van der Waals surface area contributed by atoms with Gasteiger partial charge in [0, 0.05) is 60.1 Å². The van der Waals surface area contributed by atoms with E-state index < -0.39 is 5.82 Å². The van der Waals surface area contributed by atoms with Crippen molar-refractivity contribution in [3.05, 3.63) is 75.4 Å². The second-order valence-corrected chi connectivity index (χ2v) is 9.00. The third-order valence-corrected chi connectivity index (χ3v) is 6.39. The predicted octanol–water partition coefficient (Wildman–Crippen LogP) is 4.30. The number of halogens is 3. The summed E-state index contributed by atoms with van der Waals surface area (Å²) in [6, 6.07) is 6.20. The summed E-state index contributed by atoms with van der Waals surface area (Å²) in [5.41, 5.74) is 7.71. The van der Waals surface area contributed by atoms with E-state index in [1.807, 2.05) is 13.1 Å². The number of hydrogen-bond donors (Lipinski definition) is 3. The highest BCUT2D eigenvalue weighted by Crippen LogP contribution is 2.30. The lowest BCUT2D eigenvalue weighted by molar-refractivity contribution is 0.290. The van der Waals surface area contributed by atoms with Crippen LogP contribution in [-0.2, 0) is 6.61 Å². The van der Waals surface area contributed by atoms with Gasteiger partial charge >= 0.3 is 0 Å². The summed E-state index contributed by atoms with van der Waals surface area (Å²) in [4.78, 5) is 10.5. The number of rotatable bonds is 7. The van der Waals surface area contributed by atoms with Crippen LogP contribution in [0.3, 0.4) is 0 Å². The van der Waals surface area contributed by atoms with Gasteiger partial charge in [0.15, 0.2) is 11.6 Å². The number of nitrogens with zero attached hydrogens (tertiary/aromatic N) is 3. The molecule has 4 rings (SSSR count). The van der Waals surface area contributed by atoms with E-state index in [0.29, 0.717) is 26.7 Å². The lowest BCUT2D eigenvalue weighted by atomic mass is 9.92. The molecule has 1 saturated heterocycles. The molecule has 0 saturated carbocycles. The van der Waals surface area contributed by atoms with Crippen LogP contribution in [0.2, 0.25) is 10.0 Å². The molecule has 3 heterocycles. The number of hydrogen-bond acceptors (Lipinski definition) is 7. The molecule has 1 aromatic carbocycles. The zero-order valence-corrected chi connectivity index (χ0v) is 19.6. The normalized spacial score (nSPS) is 14.6. The van der Waals surface area contributed by atoms with Crippen molar-refractivity contribution < 1.29 is 9.13 Å². The maximum atomic E-state index is 14.5. The van der Waals surface area contributed by atoms with Crippen LogP contribution in [0.5, 0.6) is 5.75 Å². The van der Waals surface area contributed by atoms with E-state index in [1.165, 1.54) is 18.5 Å². The number of anilines is 2. The molecule has 0 amide bonds. The molecular formula is C23H23Cl2FN6O. The Labute approximate surface area is 201 Å². The average Bonchev–Trinajstić information content (AvgIpc) is 2.77. The summed E-state index contributed by atoms with van der Waals surface area (Å²) in [6.07, 6.45) is 4.48. The Morgan fingerprint density at radius 3 is 2.55 bits per heavy atom. The number of ether oxygens (including phenoxy) is 1. The molecule has 33 heavy (non-hydrogen) atoms. The third kappa shape index (κ3) is 4.73. The molecule has 0 bridgehead atoms. The molecular weight excluding hydrogens is 466 g/mol. The van der Waals surface area contributed by atoms with Crippen LogP contribution in [-0.4, -0.2) is 41.4 Å². The van der Waals surface area contributed by atoms with E-state index in [4.69, 9.17) is 39.1 Å². The van der Waals surface area contributed by atoms with Crippen LogP contribution in [0.1, 0.15) is 23.6 Å². The van der Waals surface area contributed by atoms with Gasteiger partial charge in [0.1, 0.15) is 12.4 Å². The molecule has 1 aliphatic heterocycles. The van der Waals surface area contributed by atoms with Crippen LogP contribution in [0.15, 0.2) is 42.9 Å². The summed E-state index contributed by atoms with van der Waals surface area (Å²) < 4.78 is 20.1. The van der Waals surface area contributed by atoms with Gasteiger partial charge in [0.05, 0.1) is 21.3 Å². The maximum Gasteiger partial charge on any atom is 0.167 e. The first kappa shape index (κ1) is 23.2. The van der Waals surface area contributed by atoms with Crippen molar-refractivity contribution in [2.24, 2.45) is 0 Å². The Bertz CT molecular complexity index is 1180. The number of nitrogens with one attached hydrogen (secondary N) is 2. The molecule has 172 valence electrons. The van der Waals surface area contributed by atoms with Crippen LogP contribution >= 0.6 is 23.2 Å². The summed E-state index contributed by atoms with van der Waals surface area (Å²) in [7, 11) is 1.94. The van der Waals surface area contributed by atoms with Crippen LogP contribution in [0.4, 0.5) is 15.9 Å².